The number of nitrogens with zero attached hydrogens (tertiary/aromatic N) is 2. The number of hydrogen-bond donors (Lipinski definition) is 0. The summed E-state index contributed by atoms with van der Waals surface area (Å²) in [5.41, 5.74) is 1.60. The molecule has 0 aromatic carbocycles. The Hall–Kier alpha value is 0.0700. The molecule has 4 heteroatoms. The molecule has 0 fully saturated rings. The lowest BCUT2D eigenvalue weighted by Crippen LogP contribution is -2.36. The van der Waals surface area contributed by atoms with Crippen LogP contribution in [-0.4, -0.2) is 28.8 Å². The van der Waals surface area contributed by atoms with Crippen molar-refractivity contribution >= 4 is 27.3 Å². The molecule has 0 N–H and O–H groups in total. The monoisotopic (exact) mass is 318 g/mol. The van der Waals surface area contributed by atoms with E-state index in [0.29, 0.717) is 5.41 Å². The van der Waals surface area contributed by atoms with E-state index in [1.54, 1.807) is 11.3 Å². The second-order valence-electron chi connectivity index (χ2n) is 4.87. The minimum absolute atomic E-state index is 0.403. The van der Waals surface area contributed by atoms with Crippen LogP contribution in [0.25, 0.3) is 0 Å². The third-order valence-electron chi connectivity index (χ3n) is 3.49. The van der Waals surface area contributed by atoms with Crippen LogP contribution in [0, 0.1) is 12.3 Å². The molecule has 17 heavy (non-hydrogen) atoms. The van der Waals surface area contributed by atoms with Crippen LogP contribution >= 0.6 is 27.3 Å². The Kier molecular flexibility index (Phi) is 6.10. The van der Waals surface area contributed by atoms with Gasteiger partial charge in [-0.15, -0.1) is 11.3 Å². The van der Waals surface area contributed by atoms with E-state index in [1.165, 1.54) is 18.5 Å². The summed E-state index contributed by atoms with van der Waals surface area (Å²) in [4.78, 5) is 6.91. The lowest BCUT2D eigenvalue weighted by molar-refractivity contribution is 0.179. The van der Waals surface area contributed by atoms with Gasteiger partial charge in [-0.1, -0.05) is 29.8 Å². The fraction of sp³-hybridized carbons (Fsp3) is 0.769. The Morgan fingerprint density at radius 2 is 2.06 bits per heavy atom. The zero-order valence-electron chi connectivity index (χ0n) is 11.3. The van der Waals surface area contributed by atoms with Crippen LogP contribution in [0.3, 0.4) is 0 Å². The third-order valence-corrected chi connectivity index (χ3v) is 5.50. The molecule has 98 valence electrons. The summed E-state index contributed by atoms with van der Waals surface area (Å²) in [5.74, 6) is 0. The minimum Gasteiger partial charge on any atom is -0.300 e. The Morgan fingerprint density at radius 1 is 1.41 bits per heavy atom. The van der Waals surface area contributed by atoms with E-state index >= 15 is 0 Å². The van der Waals surface area contributed by atoms with Crippen LogP contribution in [0.15, 0.2) is 5.38 Å². The first-order valence-corrected chi connectivity index (χ1v) is 8.21. The van der Waals surface area contributed by atoms with Crippen LogP contribution in [-0.2, 0) is 6.54 Å². The molecule has 0 aliphatic rings. The van der Waals surface area contributed by atoms with Crippen molar-refractivity contribution in [3.63, 3.8) is 0 Å². The molecule has 0 aliphatic heterocycles. The van der Waals surface area contributed by atoms with Gasteiger partial charge in [0.15, 0.2) is 0 Å². The Labute approximate surface area is 118 Å². The maximum absolute atomic E-state index is 4.52. The number of aryl methyl sites for hydroxylation is 1. The summed E-state index contributed by atoms with van der Waals surface area (Å²) < 4.78 is 0. The van der Waals surface area contributed by atoms with E-state index in [4.69, 9.17) is 0 Å². The SMILES string of the molecule is CCC(CC)(CBr)CN(C)Cc1csc(C)n1. The molecule has 1 aromatic rings. The van der Waals surface area contributed by atoms with Crippen molar-refractivity contribution in [1.29, 1.82) is 0 Å². The Morgan fingerprint density at radius 3 is 2.47 bits per heavy atom. The summed E-state index contributed by atoms with van der Waals surface area (Å²) in [7, 11) is 2.19. The molecule has 0 atom stereocenters. The van der Waals surface area contributed by atoms with Crippen LogP contribution in [0.5, 0.6) is 0 Å². The first-order chi connectivity index (χ1) is 8.05. The fourth-order valence-electron chi connectivity index (χ4n) is 2.09. The van der Waals surface area contributed by atoms with Gasteiger partial charge in [-0.3, -0.25) is 4.90 Å². The number of alkyl halides is 1. The lowest BCUT2D eigenvalue weighted by Gasteiger charge is -2.33. The van der Waals surface area contributed by atoms with E-state index in [-0.39, 0.29) is 0 Å². The lowest BCUT2D eigenvalue weighted by atomic mass is 9.84. The molecule has 0 bridgehead atoms. The molecule has 0 saturated heterocycles. The zero-order valence-corrected chi connectivity index (χ0v) is 13.7. The highest BCUT2D eigenvalue weighted by Crippen LogP contribution is 2.30. The summed E-state index contributed by atoms with van der Waals surface area (Å²) in [6, 6.07) is 0. The van der Waals surface area contributed by atoms with Crippen molar-refractivity contribution in [3.05, 3.63) is 16.1 Å². The number of rotatable bonds is 7. The molecule has 1 aromatic heterocycles. The first-order valence-electron chi connectivity index (χ1n) is 6.20. The normalized spacial score (nSPS) is 12.4. The number of halogens is 1. The van der Waals surface area contributed by atoms with E-state index in [0.717, 1.165) is 23.4 Å². The van der Waals surface area contributed by atoms with E-state index in [2.05, 4.69) is 59.0 Å². The first kappa shape index (κ1) is 15.1. The number of aromatic nitrogens is 1. The summed E-state index contributed by atoms with van der Waals surface area (Å²) in [5, 5.41) is 4.40. The standard InChI is InChI=1S/C13H23BrN2S/c1-5-13(6-2,9-14)10-16(4)7-12-8-17-11(3)15-12/h8H,5-7,9-10H2,1-4H3. The minimum atomic E-state index is 0.403. The van der Waals surface area contributed by atoms with Crippen LogP contribution in [0.4, 0.5) is 0 Å². The van der Waals surface area contributed by atoms with Crippen LogP contribution in [0.2, 0.25) is 0 Å². The predicted octanol–water partition coefficient (Wildman–Crippen LogP) is 4.08. The summed E-state index contributed by atoms with van der Waals surface area (Å²) in [6.45, 7) is 8.72. The molecule has 0 unspecified atom stereocenters. The van der Waals surface area contributed by atoms with Gasteiger partial charge >= 0.3 is 0 Å². The number of hydrogen-bond acceptors (Lipinski definition) is 3. The van der Waals surface area contributed by atoms with Crippen LogP contribution < -0.4 is 0 Å². The summed E-state index contributed by atoms with van der Waals surface area (Å²) in [6.07, 6.45) is 2.43. The highest BCUT2D eigenvalue weighted by molar-refractivity contribution is 9.09. The molecule has 0 spiro atoms. The molecular formula is C13H23BrN2S. The van der Waals surface area contributed by atoms with Gasteiger partial charge in [-0.2, -0.15) is 0 Å². The topological polar surface area (TPSA) is 16.1 Å². The molecule has 0 radical (unpaired) electrons. The van der Waals surface area contributed by atoms with Gasteiger partial charge in [-0.05, 0) is 32.2 Å². The Bertz CT molecular complexity index is 326. The molecular weight excluding hydrogens is 296 g/mol. The van der Waals surface area contributed by atoms with Crippen molar-refractivity contribution in [2.75, 3.05) is 18.9 Å². The van der Waals surface area contributed by atoms with Crippen molar-refractivity contribution < 1.29 is 0 Å². The highest BCUT2D eigenvalue weighted by atomic mass is 79.9. The van der Waals surface area contributed by atoms with Crippen molar-refractivity contribution in [2.24, 2.45) is 5.41 Å². The molecule has 1 rings (SSSR count). The van der Waals surface area contributed by atoms with Crippen molar-refractivity contribution in [2.45, 2.75) is 40.2 Å². The third kappa shape index (κ3) is 4.34. The maximum Gasteiger partial charge on any atom is 0.0897 e. The second-order valence-corrected chi connectivity index (χ2v) is 6.49. The molecule has 2 nitrogen and oxygen atoms in total. The predicted molar refractivity (Wildman–Crippen MR) is 80.0 cm³/mol. The van der Waals surface area contributed by atoms with Gasteiger partial charge in [0.2, 0.25) is 0 Å². The summed E-state index contributed by atoms with van der Waals surface area (Å²) >= 11 is 5.41. The second kappa shape index (κ2) is 6.86. The molecule has 1 heterocycles. The van der Waals surface area contributed by atoms with E-state index in [1.807, 2.05) is 0 Å². The smallest absolute Gasteiger partial charge is 0.0897 e. The largest absolute Gasteiger partial charge is 0.300 e. The van der Waals surface area contributed by atoms with Gasteiger partial charge in [0.1, 0.15) is 0 Å². The zero-order chi connectivity index (χ0) is 12.9. The molecule has 0 aliphatic carbocycles. The number of thiazole rings is 1. The molecule has 0 amide bonds. The van der Waals surface area contributed by atoms with Crippen molar-refractivity contribution in [3.8, 4) is 0 Å². The van der Waals surface area contributed by atoms with Crippen LogP contribution in [0.1, 0.15) is 37.4 Å². The van der Waals surface area contributed by atoms with Gasteiger partial charge < -0.3 is 0 Å². The van der Waals surface area contributed by atoms with Crippen molar-refractivity contribution in [1.82, 2.24) is 9.88 Å². The van der Waals surface area contributed by atoms with Gasteiger partial charge in [0.05, 0.1) is 10.7 Å². The maximum atomic E-state index is 4.52. The van der Waals surface area contributed by atoms with Gasteiger partial charge in [-0.25, -0.2) is 4.98 Å². The van der Waals surface area contributed by atoms with E-state index < -0.39 is 0 Å². The average Bonchev–Trinajstić information content (AvgIpc) is 2.72. The fourth-order valence-corrected chi connectivity index (χ4v) is 3.66. The van der Waals surface area contributed by atoms with E-state index in [9.17, 15) is 0 Å². The van der Waals surface area contributed by atoms with Gasteiger partial charge in [0.25, 0.3) is 0 Å². The van der Waals surface area contributed by atoms with Gasteiger partial charge in [0, 0.05) is 23.8 Å². The Balaban J connectivity index is 2.56. The molecule has 0 saturated carbocycles. The quantitative estimate of drug-likeness (QED) is 0.704. The average molecular weight is 319 g/mol. The highest BCUT2D eigenvalue weighted by Gasteiger charge is 2.26.